The van der Waals surface area contributed by atoms with E-state index in [2.05, 4.69) is 21.2 Å². The van der Waals surface area contributed by atoms with Crippen LogP contribution in [0.3, 0.4) is 0 Å². The normalized spacial score (nSPS) is 10.3. The molecule has 0 aromatic heterocycles. The molecule has 98 valence electrons. The second-order valence-corrected chi connectivity index (χ2v) is 5.01. The average Bonchev–Trinajstić information content (AvgIpc) is 2.37. The Morgan fingerprint density at radius 1 is 1.32 bits per heavy atom. The molecule has 2 rings (SSSR count). The van der Waals surface area contributed by atoms with E-state index in [1.165, 1.54) is 12.1 Å². The molecule has 2 aromatic carbocycles. The van der Waals surface area contributed by atoms with Gasteiger partial charge < -0.3 is 11.1 Å². The van der Waals surface area contributed by atoms with Crippen LogP contribution in [0.15, 0.2) is 40.9 Å². The molecule has 0 unspecified atom stereocenters. The number of halogens is 2. The summed E-state index contributed by atoms with van der Waals surface area (Å²) < 4.78 is 14.3. The van der Waals surface area contributed by atoms with E-state index >= 15 is 0 Å². The minimum atomic E-state index is -0.488. The molecule has 0 aliphatic heterocycles. The maximum absolute atomic E-state index is 13.6. The van der Waals surface area contributed by atoms with Gasteiger partial charge >= 0.3 is 0 Å². The molecular weight excluding hydrogens is 311 g/mol. The number of amides is 1. The number of rotatable bonds is 2. The number of carbonyl (C=O) groups is 1. The first-order valence-electron chi connectivity index (χ1n) is 5.60. The van der Waals surface area contributed by atoms with Gasteiger partial charge in [0.25, 0.3) is 5.91 Å². The van der Waals surface area contributed by atoms with Crippen molar-refractivity contribution in [2.75, 3.05) is 11.1 Å². The Kier molecular flexibility index (Phi) is 3.85. The first-order chi connectivity index (χ1) is 8.99. The topological polar surface area (TPSA) is 55.1 Å². The lowest BCUT2D eigenvalue weighted by Gasteiger charge is -2.10. The maximum atomic E-state index is 13.6. The van der Waals surface area contributed by atoms with Gasteiger partial charge in [0, 0.05) is 15.7 Å². The summed E-state index contributed by atoms with van der Waals surface area (Å²) in [6.07, 6.45) is 0. The number of carbonyl (C=O) groups excluding carboxylic acids is 1. The Morgan fingerprint density at radius 3 is 2.79 bits per heavy atom. The Morgan fingerprint density at radius 2 is 2.05 bits per heavy atom. The molecule has 0 radical (unpaired) electrons. The average molecular weight is 323 g/mol. The first-order valence-corrected chi connectivity index (χ1v) is 6.40. The number of nitrogen functional groups attached to an aromatic ring is 1. The predicted octanol–water partition coefficient (Wildman–Crippen LogP) is 3.73. The summed E-state index contributed by atoms with van der Waals surface area (Å²) in [5.41, 5.74) is 7.51. The van der Waals surface area contributed by atoms with Crippen molar-refractivity contribution in [3.8, 4) is 0 Å². The van der Waals surface area contributed by atoms with Crippen molar-refractivity contribution in [3.05, 3.63) is 57.8 Å². The molecule has 3 nitrogen and oxygen atoms in total. The largest absolute Gasteiger partial charge is 0.398 e. The van der Waals surface area contributed by atoms with E-state index in [9.17, 15) is 9.18 Å². The Labute approximate surface area is 118 Å². The number of nitrogens with two attached hydrogens (primary N) is 1. The van der Waals surface area contributed by atoms with Crippen molar-refractivity contribution in [3.63, 3.8) is 0 Å². The lowest BCUT2D eigenvalue weighted by atomic mass is 10.1. The van der Waals surface area contributed by atoms with Crippen molar-refractivity contribution in [2.45, 2.75) is 6.92 Å². The lowest BCUT2D eigenvalue weighted by molar-refractivity contribution is 0.102. The van der Waals surface area contributed by atoms with Crippen LogP contribution in [-0.2, 0) is 0 Å². The van der Waals surface area contributed by atoms with E-state index in [-0.39, 0.29) is 11.6 Å². The molecule has 5 heteroatoms. The molecule has 0 bridgehead atoms. The minimum Gasteiger partial charge on any atom is -0.398 e. The fourth-order valence-electron chi connectivity index (χ4n) is 1.68. The van der Waals surface area contributed by atoms with Crippen LogP contribution in [0, 0.1) is 12.7 Å². The van der Waals surface area contributed by atoms with Crippen LogP contribution in [0.4, 0.5) is 15.8 Å². The number of hydrogen-bond acceptors (Lipinski definition) is 2. The third-order valence-corrected chi connectivity index (χ3v) is 3.29. The van der Waals surface area contributed by atoms with Crippen LogP contribution in [-0.4, -0.2) is 5.91 Å². The van der Waals surface area contributed by atoms with Crippen LogP contribution < -0.4 is 11.1 Å². The predicted molar refractivity (Wildman–Crippen MR) is 77.6 cm³/mol. The van der Waals surface area contributed by atoms with E-state index in [4.69, 9.17) is 5.73 Å². The summed E-state index contributed by atoms with van der Waals surface area (Å²) in [6, 6.07) is 9.41. The Hall–Kier alpha value is -1.88. The molecule has 0 fully saturated rings. The zero-order chi connectivity index (χ0) is 14.0. The summed E-state index contributed by atoms with van der Waals surface area (Å²) in [4.78, 5) is 12.1. The first kappa shape index (κ1) is 13.5. The number of anilines is 2. The van der Waals surface area contributed by atoms with Gasteiger partial charge in [0.1, 0.15) is 5.82 Å². The number of hydrogen-bond donors (Lipinski definition) is 2. The molecule has 1 amide bonds. The fraction of sp³-hybridized carbons (Fsp3) is 0.0714. The number of benzene rings is 2. The smallest absolute Gasteiger partial charge is 0.256 e. The van der Waals surface area contributed by atoms with Gasteiger partial charge in [-0.15, -0.1) is 0 Å². The van der Waals surface area contributed by atoms with Crippen LogP contribution in [0.5, 0.6) is 0 Å². The van der Waals surface area contributed by atoms with Gasteiger partial charge in [0.2, 0.25) is 0 Å². The summed E-state index contributed by atoms with van der Waals surface area (Å²) in [5, 5.41) is 2.54. The second kappa shape index (κ2) is 5.40. The van der Waals surface area contributed by atoms with Gasteiger partial charge in [0.15, 0.2) is 0 Å². The van der Waals surface area contributed by atoms with Gasteiger partial charge in [-0.2, -0.15) is 0 Å². The van der Waals surface area contributed by atoms with E-state index in [1.807, 2.05) is 0 Å². The van der Waals surface area contributed by atoms with Crippen LogP contribution in [0.1, 0.15) is 15.9 Å². The molecule has 0 spiro atoms. The summed E-state index contributed by atoms with van der Waals surface area (Å²) in [6.45, 7) is 1.75. The highest BCUT2D eigenvalue weighted by Gasteiger charge is 2.13. The summed E-state index contributed by atoms with van der Waals surface area (Å²) >= 11 is 3.23. The van der Waals surface area contributed by atoms with E-state index in [1.54, 1.807) is 31.2 Å². The fourth-order valence-corrected chi connectivity index (χ4v) is 2.04. The van der Waals surface area contributed by atoms with Gasteiger partial charge in [-0.3, -0.25) is 4.79 Å². The van der Waals surface area contributed by atoms with Crippen molar-refractivity contribution >= 4 is 33.2 Å². The minimum absolute atomic E-state index is 0.126. The van der Waals surface area contributed by atoms with Crippen LogP contribution >= 0.6 is 15.9 Å². The van der Waals surface area contributed by atoms with Gasteiger partial charge in [-0.05, 0) is 42.8 Å². The third kappa shape index (κ3) is 2.93. The molecule has 0 saturated heterocycles. The quantitative estimate of drug-likeness (QED) is 0.828. The second-order valence-electron chi connectivity index (χ2n) is 4.10. The van der Waals surface area contributed by atoms with Crippen molar-refractivity contribution in [1.29, 1.82) is 0 Å². The lowest BCUT2D eigenvalue weighted by Crippen LogP contribution is -2.15. The van der Waals surface area contributed by atoms with E-state index in [0.717, 1.165) is 0 Å². The third-order valence-electron chi connectivity index (χ3n) is 2.80. The van der Waals surface area contributed by atoms with Gasteiger partial charge in [-0.25, -0.2) is 4.39 Å². The van der Waals surface area contributed by atoms with Crippen molar-refractivity contribution in [2.24, 2.45) is 0 Å². The number of nitrogens with one attached hydrogen (secondary N) is 1. The molecule has 0 saturated carbocycles. The SMILES string of the molecule is Cc1c(N)cccc1C(=O)Nc1cc(Br)ccc1F. The monoisotopic (exact) mass is 322 g/mol. The molecule has 2 aromatic rings. The standard InChI is InChI=1S/C14H12BrFN2O/c1-8-10(3-2-4-12(8)17)14(19)18-13-7-9(15)5-6-11(13)16/h2-7H,17H2,1H3,(H,18,19). The van der Waals surface area contributed by atoms with E-state index < -0.39 is 5.82 Å². The zero-order valence-corrected chi connectivity index (χ0v) is 11.8. The highest BCUT2D eigenvalue weighted by Crippen LogP contribution is 2.22. The molecule has 0 aliphatic carbocycles. The van der Waals surface area contributed by atoms with Gasteiger partial charge in [0.05, 0.1) is 5.69 Å². The van der Waals surface area contributed by atoms with Crippen molar-refractivity contribution < 1.29 is 9.18 Å². The maximum Gasteiger partial charge on any atom is 0.256 e. The Balaban J connectivity index is 2.31. The molecule has 0 atom stereocenters. The summed E-state index contributed by atoms with van der Waals surface area (Å²) in [7, 11) is 0. The molecule has 3 N–H and O–H groups in total. The van der Waals surface area contributed by atoms with Gasteiger partial charge in [-0.1, -0.05) is 22.0 Å². The Bertz CT molecular complexity index is 643. The van der Waals surface area contributed by atoms with Crippen LogP contribution in [0.2, 0.25) is 0 Å². The summed E-state index contributed by atoms with van der Waals surface area (Å²) in [5.74, 6) is -0.875. The zero-order valence-electron chi connectivity index (χ0n) is 10.2. The van der Waals surface area contributed by atoms with Crippen molar-refractivity contribution in [1.82, 2.24) is 0 Å². The molecule has 19 heavy (non-hydrogen) atoms. The van der Waals surface area contributed by atoms with Crippen LogP contribution in [0.25, 0.3) is 0 Å². The van der Waals surface area contributed by atoms with E-state index in [0.29, 0.717) is 21.3 Å². The highest BCUT2D eigenvalue weighted by molar-refractivity contribution is 9.10. The molecule has 0 aliphatic rings. The highest BCUT2D eigenvalue weighted by atomic mass is 79.9. The molecular formula is C14H12BrFN2O. The molecule has 0 heterocycles.